The first-order valence-electron chi connectivity index (χ1n) is 7.07. The third kappa shape index (κ3) is 3.08. The standard InChI is InChI=1S/C17H21NO.ClH/c1-13-16-6-4-3-5-14(16)7-8-17(13)19-15-9-11-18(2)12-10-15;/h3-8,15H,9-12H2,1-2H3;1H. The highest BCUT2D eigenvalue weighted by molar-refractivity contribution is 5.87. The third-order valence-electron chi connectivity index (χ3n) is 4.11. The molecule has 108 valence electrons. The van der Waals surface area contributed by atoms with Crippen LogP contribution in [0.1, 0.15) is 18.4 Å². The van der Waals surface area contributed by atoms with Gasteiger partial charge in [0, 0.05) is 13.1 Å². The maximum Gasteiger partial charge on any atom is 0.123 e. The highest BCUT2D eigenvalue weighted by Gasteiger charge is 2.18. The lowest BCUT2D eigenvalue weighted by molar-refractivity contribution is 0.114. The maximum atomic E-state index is 6.22. The van der Waals surface area contributed by atoms with Crippen LogP contribution in [0.25, 0.3) is 10.8 Å². The molecule has 0 atom stereocenters. The van der Waals surface area contributed by atoms with E-state index in [2.05, 4.69) is 55.3 Å². The van der Waals surface area contributed by atoms with Crippen LogP contribution in [0.4, 0.5) is 0 Å². The molecule has 2 aromatic carbocycles. The second-order valence-corrected chi connectivity index (χ2v) is 5.53. The van der Waals surface area contributed by atoms with E-state index in [-0.39, 0.29) is 12.4 Å². The molecule has 1 aliphatic heterocycles. The van der Waals surface area contributed by atoms with E-state index in [1.54, 1.807) is 0 Å². The van der Waals surface area contributed by atoms with E-state index in [0.29, 0.717) is 6.10 Å². The van der Waals surface area contributed by atoms with Gasteiger partial charge in [0.15, 0.2) is 0 Å². The summed E-state index contributed by atoms with van der Waals surface area (Å²) in [5.74, 6) is 1.05. The second-order valence-electron chi connectivity index (χ2n) is 5.53. The van der Waals surface area contributed by atoms with Crippen molar-refractivity contribution in [2.24, 2.45) is 0 Å². The van der Waals surface area contributed by atoms with Gasteiger partial charge >= 0.3 is 0 Å². The lowest BCUT2D eigenvalue weighted by Gasteiger charge is -2.29. The monoisotopic (exact) mass is 291 g/mol. The van der Waals surface area contributed by atoms with Gasteiger partial charge in [0.1, 0.15) is 11.9 Å². The summed E-state index contributed by atoms with van der Waals surface area (Å²) in [7, 11) is 2.18. The summed E-state index contributed by atoms with van der Waals surface area (Å²) in [5, 5.41) is 2.59. The predicted octanol–water partition coefficient (Wildman–Crippen LogP) is 4.04. The van der Waals surface area contributed by atoms with E-state index in [1.807, 2.05) is 0 Å². The Morgan fingerprint density at radius 3 is 2.50 bits per heavy atom. The minimum atomic E-state index is 0. The topological polar surface area (TPSA) is 12.5 Å². The molecule has 0 amide bonds. The SMILES string of the molecule is Cc1c(OC2CCN(C)CC2)ccc2ccccc12.Cl. The molecule has 0 saturated carbocycles. The fraction of sp³-hybridized carbons (Fsp3) is 0.412. The minimum Gasteiger partial charge on any atom is -0.490 e. The molecule has 1 heterocycles. The predicted molar refractivity (Wildman–Crippen MR) is 87.1 cm³/mol. The van der Waals surface area contributed by atoms with Crippen LogP contribution in [0.3, 0.4) is 0 Å². The van der Waals surface area contributed by atoms with Crippen molar-refractivity contribution >= 4 is 23.2 Å². The molecule has 2 nitrogen and oxygen atoms in total. The molecule has 1 saturated heterocycles. The summed E-state index contributed by atoms with van der Waals surface area (Å²) in [6.07, 6.45) is 2.63. The minimum absolute atomic E-state index is 0. The maximum absolute atomic E-state index is 6.22. The smallest absolute Gasteiger partial charge is 0.123 e. The molecule has 0 aliphatic carbocycles. The van der Waals surface area contributed by atoms with Gasteiger partial charge in [0.05, 0.1) is 0 Å². The zero-order valence-electron chi connectivity index (χ0n) is 12.1. The van der Waals surface area contributed by atoms with Crippen LogP contribution < -0.4 is 4.74 Å². The molecular weight excluding hydrogens is 270 g/mol. The molecule has 1 fully saturated rings. The lowest BCUT2D eigenvalue weighted by atomic mass is 10.0. The van der Waals surface area contributed by atoms with Gasteiger partial charge < -0.3 is 9.64 Å². The van der Waals surface area contributed by atoms with E-state index >= 15 is 0 Å². The van der Waals surface area contributed by atoms with Crippen LogP contribution in [0.5, 0.6) is 5.75 Å². The first-order chi connectivity index (χ1) is 9.24. The van der Waals surface area contributed by atoms with Crippen LogP contribution >= 0.6 is 12.4 Å². The number of nitrogens with zero attached hydrogens (tertiary/aromatic N) is 1. The average Bonchev–Trinajstić information content (AvgIpc) is 2.45. The Balaban J connectivity index is 0.00000147. The van der Waals surface area contributed by atoms with Gasteiger partial charge in [-0.05, 0) is 49.2 Å². The van der Waals surface area contributed by atoms with E-state index in [4.69, 9.17) is 4.74 Å². The van der Waals surface area contributed by atoms with Gasteiger partial charge in [0.25, 0.3) is 0 Å². The summed E-state index contributed by atoms with van der Waals surface area (Å²) in [6.45, 7) is 4.43. The van der Waals surface area contributed by atoms with Crippen LogP contribution in [0.15, 0.2) is 36.4 Å². The number of hydrogen-bond acceptors (Lipinski definition) is 2. The van der Waals surface area contributed by atoms with Crippen molar-refractivity contribution in [3.63, 3.8) is 0 Å². The third-order valence-corrected chi connectivity index (χ3v) is 4.11. The van der Waals surface area contributed by atoms with Crippen molar-refractivity contribution in [1.29, 1.82) is 0 Å². The molecule has 20 heavy (non-hydrogen) atoms. The van der Waals surface area contributed by atoms with Crippen molar-refractivity contribution in [1.82, 2.24) is 4.90 Å². The Morgan fingerprint density at radius 2 is 1.75 bits per heavy atom. The summed E-state index contributed by atoms with van der Waals surface area (Å²) < 4.78 is 6.22. The highest BCUT2D eigenvalue weighted by Crippen LogP contribution is 2.29. The largest absolute Gasteiger partial charge is 0.490 e. The molecule has 3 rings (SSSR count). The highest BCUT2D eigenvalue weighted by atomic mass is 35.5. The molecule has 0 N–H and O–H groups in total. The summed E-state index contributed by atoms with van der Waals surface area (Å²) in [4.78, 5) is 2.37. The Labute approximate surface area is 127 Å². The normalized spacial score (nSPS) is 16.9. The van der Waals surface area contributed by atoms with Crippen LogP contribution in [0.2, 0.25) is 0 Å². The van der Waals surface area contributed by atoms with E-state index in [0.717, 1.165) is 31.7 Å². The fourth-order valence-corrected chi connectivity index (χ4v) is 2.82. The Bertz CT molecular complexity index is 576. The van der Waals surface area contributed by atoms with E-state index in [9.17, 15) is 0 Å². The fourth-order valence-electron chi connectivity index (χ4n) is 2.82. The van der Waals surface area contributed by atoms with Crippen molar-refractivity contribution in [2.45, 2.75) is 25.9 Å². The van der Waals surface area contributed by atoms with Gasteiger partial charge in [-0.15, -0.1) is 12.4 Å². The van der Waals surface area contributed by atoms with Crippen LogP contribution in [-0.4, -0.2) is 31.1 Å². The first-order valence-corrected chi connectivity index (χ1v) is 7.07. The lowest BCUT2D eigenvalue weighted by Crippen LogP contribution is -2.35. The number of rotatable bonds is 2. The number of fused-ring (bicyclic) bond motifs is 1. The van der Waals surface area contributed by atoms with Gasteiger partial charge in [0.2, 0.25) is 0 Å². The molecule has 0 radical (unpaired) electrons. The molecule has 3 heteroatoms. The molecule has 0 unspecified atom stereocenters. The number of benzene rings is 2. The Morgan fingerprint density at radius 1 is 1.05 bits per heavy atom. The van der Waals surface area contributed by atoms with Gasteiger partial charge in [-0.25, -0.2) is 0 Å². The second kappa shape index (κ2) is 6.47. The first kappa shape index (κ1) is 15.1. The molecule has 0 aromatic heterocycles. The Hall–Kier alpha value is -1.25. The summed E-state index contributed by atoms with van der Waals surface area (Å²) in [6, 6.07) is 12.8. The summed E-state index contributed by atoms with van der Waals surface area (Å²) >= 11 is 0. The van der Waals surface area contributed by atoms with Crippen LogP contribution in [0, 0.1) is 6.92 Å². The summed E-state index contributed by atoms with van der Waals surface area (Å²) in [5.41, 5.74) is 1.26. The van der Waals surface area contributed by atoms with Gasteiger partial charge in [-0.2, -0.15) is 0 Å². The number of piperidine rings is 1. The van der Waals surface area contributed by atoms with E-state index in [1.165, 1.54) is 16.3 Å². The van der Waals surface area contributed by atoms with Crippen molar-refractivity contribution in [3.8, 4) is 5.75 Å². The number of halogens is 1. The molecular formula is C17H22ClNO. The molecule has 1 aliphatic rings. The quantitative estimate of drug-likeness (QED) is 0.828. The van der Waals surface area contributed by atoms with E-state index < -0.39 is 0 Å². The molecule has 0 spiro atoms. The number of likely N-dealkylation sites (tertiary alicyclic amines) is 1. The zero-order valence-corrected chi connectivity index (χ0v) is 13.0. The van der Waals surface area contributed by atoms with Crippen molar-refractivity contribution in [2.75, 3.05) is 20.1 Å². The Kier molecular flexibility index (Phi) is 4.90. The number of aryl methyl sites for hydroxylation is 1. The number of ether oxygens (including phenoxy) is 1. The van der Waals surface area contributed by atoms with Gasteiger partial charge in [-0.3, -0.25) is 0 Å². The number of hydrogen-bond donors (Lipinski definition) is 0. The van der Waals surface area contributed by atoms with Crippen LogP contribution in [-0.2, 0) is 0 Å². The molecule has 2 aromatic rings. The van der Waals surface area contributed by atoms with Crippen molar-refractivity contribution in [3.05, 3.63) is 42.0 Å². The van der Waals surface area contributed by atoms with Crippen molar-refractivity contribution < 1.29 is 4.74 Å². The van der Waals surface area contributed by atoms with Gasteiger partial charge in [-0.1, -0.05) is 30.3 Å². The zero-order chi connectivity index (χ0) is 13.2. The average molecular weight is 292 g/mol. The molecule has 0 bridgehead atoms.